The fourth-order valence-corrected chi connectivity index (χ4v) is 9.20. The van der Waals surface area contributed by atoms with Crippen LogP contribution in [0.3, 0.4) is 0 Å². The number of fused-ring (bicyclic) bond motifs is 3. The van der Waals surface area contributed by atoms with E-state index in [1.165, 1.54) is 63.6 Å². The molecule has 8 atom stereocenters. The number of likely N-dealkylation sites (tertiary alicyclic amines) is 1. The van der Waals surface area contributed by atoms with Crippen LogP contribution in [0.5, 0.6) is 0 Å². The third-order valence-electron chi connectivity index (χ3n) is 11.6. The molecule has 3 aliphatic carbocycles. The van der Waals surface area contributed by atoms with Crippen molar-refractivity contribution in [1.29, 1.82) is 0 Å². The summed E-state index contributed by atoms with van der Waals surface area (Å²) >= 11 is 0. The fourth-order valence-electron chi connectivity index (χ4n) is 9.20. The van der Waals surface area contributed by atoms with E-state index in [0.717, 1.165) is 47.6 Å². The van der Waals surface area contributed by atoms with Crippen LogP contribution in [-0.4, -0.2) is 55.9 Å². The van der Waals surface area contributed by atoms with E-state index in [2.05, 4.69) is 64.7 Å². The molecule has 0 bridgehead atoms. The van der Waals surface area contributed by atoms with Gasteiger partial charge in [-0.3, -0.25) is 0 Å². The van der Waals surface area contributed by atoms with Gasteiger partial charge in [0.15, 0.2) is 0 Å². The van der Waals surface area contributed by atoms with Gasteiger partial charge in [0.25, 0.3) is 0 Å². The van der Waals surface area contributed by atoms with E-state index in [4.69, 9.17) is 0 Å². The molecule has 8 unspecified atom stereocenters. The van der Waals surface area contributed by atoms with E-state index in [1.54, 1.807) is 12.1 Å². The Morgan fingerprint density at radius 3 is 2.46 bits per heavy atom. The summed E-state index contributed by atoms with van der Waals surface area (Å²) in [7, 11) is 6.92. The number of benzene rings is 1. The van der Waals surface area contributed by atoms with Gasteiger partial charge in [0.05, 0.1) is 0 Å². The molecule has 1 heterocycles. The van der Waals surface area contributed by atoms with E-state index >= 15 is 0 Å². The van der Waals surface area contributed by atoms with E-state index in [1.807, 2.05) is 5.57 Å². The maximum atomic E-state index is 12.2. The van der Waals surface area contributed by atoms with Crippen LogP contribution in [-0.2, 0) is 11.2 Å². The first-order valence-corrected chi connectivity index (χ1v) is 14.8. The van der Waals surface area contributed by atoms with Crippen LogP contribution in [0, 0.1) is 40.3 Å². The molecule has 3 fully saturated rings. The van der Waals surface area contributed by atoms with Crippen molar-refractivity contribution in [2.75, 3.05) is 27.7 Å². The Morgan fingerprint density at radius 2 is 1.84 bits per heavy atom. The first kappa shape index (κ1) is 28.5. The lowest BCUT2D eigenvalue weighted by Crippen LogP contribution is -2.53. The highest BCUT2D eigenvalue weighted by atomic mass is 19.1. The van der Waals surface area contributed by atoms with E-state index in [9.17, 15) is 9.18 Å². The van der Waals surface area contributed by atoms with Gasteiger partial charge in [-0.25, -0.2) is 4.39 Å². The average molecular weight is 511 g/mol. The van der Waals surface area contributed by atoms with Gasteiger partial charge in [0, 0.05) is 25.0 Å². The second-order valence-corrected chi connectivity index (χ2v) is 13.2. The molecular weight excluding hydrogens is 459 g/mol. The van der Waals surface area contributed by atoms with Crippen LogP contribution in [0.15, 0.2) is 35.9 Å². The van der Waals surface area contributed by atoms with Gasteiger partial charge in [0.1, 0.15) is 12.1 Å². The Morgan fingerprint density at radius 1 is 1.14 bits per heavy atom. The molecule has 1 aliphatic heterocycles. The van der Waals surface area contributed by atoms with Crippen molar-refractivity contribution in [3.63, 3.8) is 0 Å². The molecule has 5 rings (SSSR count). The Labute approximate surface area is 225 Å². The Balaban J connectivity index is 0.000000270. The quantitative estimate of drug-likeness (QED) is 0.321. The average Bonchev–Trinajstić information content (AvgIpc) is 3.12. The highest BCUT2D eigenvalue weighted by Crippen LogP contribution is 2.64. The number of carbonyl (C=O) groups is 1. The van der Waals surface area contributed by atoms with Crippen molar-refractivity contribution < 1.29 is 9.18 Å². The first-order valence-electron chi connectivity index (χ1n) is 14.8. The van der Waals surface area contributed by atoms with Crippen LogP contribution < -0.4 is 0 Å². The second kappa shape index (κ2) is 11.3. The molecule has 0 amide bonds. The summed E-state index contributed by atoms with van der Waals surface area (Å²) in [5, 5.41) is 0. The van der Waals surface area contributed by atoms with Crippen LogP contribution in [0.2, 0.25) is 0 Å². The molecule has 0 N–H and O–H groups in total. The van der Waals surface area contributed by atoms with Crippen molar-refractivity contribution in [1.82, 2.24) is 9.80 Å². The number of halogens is 1. The molecule has 1 spiro atoms. The molecule has 0 radical (unpaired) electrons. The van der Waals surface area contributed by atoms with E-state index in [0.29, 0.717) is 17.3 Å². The largest absolute Gasteiger partial charge is 0.306 e. The summed E-state index contributed by atoms with van der Waals surface area (Å²) in [5.74, 6) is 3.33. The van der Waals surface area contributed by atoms with Crippen LogP contribution >= 0.6 is 0 Å². The van der Waals surface area contributed by atoms with Gasteiger partial charge >= 0.3 is 0 Å². The smallest absolute Gasteiger partial charge is 0.124 e. The molecule has 37 heavy (non-hydrogen) atoms. The van der Waals surface area contributed by atoms with Crippen LogP contribution in [0.4, 0.5) is 4.39 Å². The Kier molecular flexibility index (Phi) is 8.70. The normalized spacial score (nSPS) is 39.4. The highest BCUT2D eigenvalue weighted by Gasteiger charge is 2.59. The summed E-state index contributed by atoms with van der Waals surface area (Å²) in [6.07, 6.45) is 13.7. The van der Waals surface area contributed by atoms with Crippen molar-refractivity contribution in [3.05, 3.63) is 47.3 Å². The summed E-state index contributed by atoms with van der Waals surface area (Å²) in [4.78, 5) is 15.1. The molecule has 2 saturated carbocycles. The topological polar surface area (TPSA) is 23.6 Å². The second-order valence-electron chi connectivity index (χ2n) is 13.2. The van der Waals surface area contributed by atoms with Gasteiger partial charge in [0.2, 0.25) is 0 Å². The van der Waals surface area contributed by atoms with Crippen molar-refractivity contribution >= 4 is 6.29 Å². The summed E-state index contributed by atoms with van der Waals surface area (Å²) in [6.45, 7) is 11.6. The van der Waals surface area contributed by atoms with Crippen LogP contribution in [0.25, 0.3) is 0 Å². The van der Waals surface area contributed by atoms with Gasteiger partial charge in [-0.2, -0.15) is 0 Å². The van der Waals surface area contributed by atoms with E-state index in [-0.39, 0.29) is 5.82 Å². The minimum Gasteiger partial charge on any atom is -0.306 e. The van der Waals surface area contributed by atoms with Crippen molar-refractivity contribution in [2.24, 2.45) is 34.5 Å². The number of aldehydes is 1. The predicted octanol–water partition coefficient (Wildman–Crippen LogP) is 7.01. The molecule has 206 valence electrons. The zero-order valence-corrected chi connectivity index (χ0v) is 24.5. The van der Waals surface area contributed by atoms with Gasteiger partial charge in [-0.1, -0.05) is 51.0 Å². The Bertz CT molecular complexity index is 958. The zero-order valence-electron chi connectivity index (χ0n) is 24.5. The fraction of sp³-hybridized carbons (Fsp3) is 0.727. The number of hydrogen-bond acceptors (Lipinski definition) is 3. The molecule has 4 heteroatoms. The number of hydrogen-bond donors (Lipinski definition) is 0. The van der Waals surface area contributed by atoms with Crippen molar-refractivity contribution in [3.8, 4) is 0 Å². The number of carbonyl (C=O) groups excluding carboxylic acids is 1. The van der Waals surface area contributed by atoms with E-state index < -0.39 is 0 Å². The summed E-state index contributed by atoms with van der Waals surface area (Å²) in [5.41, 5.74) is 3.73. The van der Waals surface area contributed by atoms with Gasteiger partial charge in [-0.05, 0) is 119 Å². The molecule has 1 saturated heterocycles. The maximum absolute atomic E-state index is 12.2. The zero-order chi connectivity index (χ0) is 27.0. The predicted molar refractivity (Wildman–Crippen MR) is 152 cm³/mol. The maximum Gasteiger partial charge on any atom is 0.124 e. The van der Waals surface area contributed by atoms with Gasteiger partial charge < -0.3 is 14.6 Å². The molecule has 3 nitrogen and oxygen atoms in total. The first-order chi connectivity index (χ1) is 17.6. The van der Waals surface area contributed by atoms with Crippen molar-refractivity contribution in [2.45, 2.75) is 91.1 Å². The lowest BCUT2D eigenvalue weighted by atomic mass is 9.45. The lowest BCUT2D eigenvalue weighted by molar-refractivity contribution is -0.107. The Hall–Kier alpha value is -1.52. The third-order valence-corrected chi connectivity index (χ3v) is 11.6. The molecule has 0 aromatic heterocycles. The number of nitrogens with zero attached hydrogens (tertiary/aromatic N) is 2. The molecule has 1 aromatic carbocycles. The lowest BCUT2D eigenvalue weighted by Gasteiger charge is -2.59. The number of rotatable bonds is 4. The standard InChI is InChI=1S/C25H44N2.C8H7FO/c1-8-22-18(3)27(7)16-25(22)14-12-23-21(17(25)2)10-9-19-15-20(26(5)6)11-13-24(19,23)4;9-8-3-1-7(2-4-8)5-6-10/h9,17-18,20-23H,8,10-16H2,1-7H3;1-4,6H,5H2. The molecule has 4 aliphatic rings. The highest BCUT2D eigenvalue weighted by molar-refractivity contribution is 5.54. The molecular formula is C33H51FN2O. The number of allylic oxidation sites excluding steroid dienone is 1. The monoisotopic (exact) mass is 510 g/mol. The summed E-state index contributed by atoms with van der Waals surface area (Å²) < 4.78 is 12.2. The minimum absolute atomic E-state index is 0.269. The summed E-state index contributed by atoms with van der Waals surface area (Å²) in [6, 6.07) is 7.42. The minimum atomic E-state index is -0.269. The van der Waals surface area contributed by atoms with Crippen LogP contribution in [0.1, 0.15) is 78.2 Å². The third kappa shape index (κ3) is 5.22. The van der Waals surface area contributed by atoms with Gasteiger partial charge in [-0.15, -0.1) is 0 Å². The SMILES string of the molecule is CCC1C(C)N(C)CC12CCC1C(CC=C3CC(N(C)C)CCC31C)C2C.O=CCc1ccc(F)cc1. The molecule has 1 aromatic rings.